The number of hydrogen-bond acceptors (Lipinski definition) is 8. The molecule has 1 aromatic heterocycles. The molecule has 0 radical (unpaired) electrons. The highest BCUT2D eigenvalue weighted by Crippen LogP contribution is 2.48. The van der Waals surface area contributed by atoms with Crippen LogP contribution in [0.1, 0.15) is 62.6 Å². The fourth-order valence-electron chi connectivity index (χ4n) is 7.30. The molecular formula is C34H41IN2O7. The van der Waals surface area contributed by atoms with Crippen molar-refractivity contribution in [2.24, 2.45) is 17.8 Å². The van der Waals surface area contributed by atoms with E-state index in [4.69, 9.17) is 9.47 Å². The minimum Gasteiger partial charge on any atom is -0.504 e. The number of phenols is 1. The molecule has 1 saturated carbocycles. The number of pyridine rings is 1. The Bertz CT molecular complexity index is 1420. The van der Waals surface area contributed by atoms with Gasteiger partial charge < -0.3 is 24.8 Å². The van der Waals surface area contributed by atoms with E-state index in [0.717, 1.165) is 54.5 Å². The summed E-state index contributed by atoms with van der Waals surface area (Å²) in [5.74, 6) is -1.81. The molecule has 9 nitrogen and oxygen atoms in total. The van der Waals surface area contributed by atoms with Crippen molar-refractivity contribution in [3.63, 3.8) is 0 Å². The average Bonchev–Trinajstić information content (AvgIpc) is 3.29. The zero-order valence-corrected chi connectivity index (χ0v) is 27.4. The van der Waals surface area contributed by atoms with Crippen molar-refractivity contribution in [2.45, 2.75) is 63.5 Å². The second-order valence-corrected chi connectivity index (χ2v) is 13.1. The van der Waals surface area contributed by atoms with Gasteiger partial charge in [-0.2, -0.15) is 0 Å². The number of ether oxygens (including phenoxy) is 2. The summed E-state index contributed by atoms with van der Waals surface area (Å²) in [6.45, 7) is -0.126. The third-order valence-electron chi connectivity index (χ3n) is 9.32. The molecule has 44 heavy (non-hydrogen) atoms. The Labute approximate surface area is 272 Å². The van der Waals surface area contributed by atoms with E-state index in [0.29, 0.717) is 34.2 Å². The molecule has 236 valence electrons. The molecule has 1 saturated heterocycles. The Balaban J connectivity index is 1.44. The van der Waals surface area contributed by atoms with E-state index in [1.54, 1.807) is 19.4 Å². The molecule has 2 aliphatic carbocycles. The van der Waals surface area contributed by atoms with Crippen LogP contribution >= 0.6 is 22.6 Å². The van der Waals surface area contributed by atoms with Crippen molar-refractivity contribution in [1.29, 1.82) is 0 Å². The summed E-state index contributed by atoms with van der Waals surface area (Å²) in [7, 11) is 3.07. The first-order valence-corrected chi connectivity index (χ1v) is 16.4. The van der Waals surface area contributed by atoms with Crippen LogP contribution in [0.25, 0.3) is 11.6 Å². The van der Waals surface area contributed by atoms with Gasteiger partial charge in [0.25, 0.3) is 0 Å². The Hall–Kier alpha value is -2.80. The lowest BCUT2D eigenvalue weighted by Gasteiger charge is -2.36. The molecule has 3 N–H and O–H groups in total. The molecule has 1 aliphatic heterocycles. The van der Waals surface area contributed by atoms with Crippen LogP contribution in [0.5, 0.6) is 11.5 Å². The van der Waals surface area contributed by atoms with Crippen LogP contribution in [-0.2, 0) is 14.3 Å². The minimum atomic E-state index is -0.966. The summed E-state index contributed by atoms with van der Waals surface area (Å²) in [5, 5.41) is 32.7. The van der Waals surface area contributed by atoms with Crippen LogP contribution in [0, 0.1) is 21.3 Å². The molecule has 0 spiro atoms. The highest BCUT2D eigenvalue weighted by molar-refractivity contribution is 14.1. The Morgan fingerprint density at radius 3 is 2.59 bits per heavy atom. The molecule has 2 amide bonds. The van der Waals surface area contributed by atoms with Crippen molar-refractivity contribution >= 4 is 46.1 Å². The monoisotopic (exact) mass is 716 g/mol. The molecule has 5 rings (SSSR count). The van der Waals surface area contributed by atoms with Gasteiger partial charge in [-0.15, -0.1) is 0 Å². The second-order valence-electron chi connectivity index (χ2n) is 11.9. The van der Waals surface area contributed by atoms with Gasteiger partial charge in [0.1, 0.15) is 0 Å². The third kappa shape index (κ3) is 6.59. The van der Waals surface area contributed by atoms with Crippen molar-refractivity contribution in [3.05, 3.63) is 62.5 Å². The number of allylic oxidation sites excluding steroid dienone is 1. The summed E-state index contributed by atoms with van der Waals surface area (Å²) in [4.78, 5) is 33.5. The van der Waals surface area contributed by atoms with Gasteiger partial charge in [-0.1, -0.05) is 25.3 Å². The SMILES string of the molecule is COCC1=C([C@H](O)CC/C(=C/c2cc(I)c(O)c(OC)c2)c2ccccn2)[C@H](CO)[C@@H]2C(=O)N(C3CCCCC3)C(=O)[C@@H]2C1. The lowest BCUT2D eigenvalue weighted by molar-refractivity contribution is -0.143. The van der Waals surface area contributed by atoms with E-state index in [2.05, 4.69) is 27.6 Å². The van der Waals surface area contributed by atoms with E-state index in [1.165, 1.54) is 12.0 Å². The molecule has 10 heteroatoms. The number of aromatic nitrogens is 1. The number of likely N-dealkylation sites (tertiary alicyclic amines) is 1. The maximum Gasteiger partial charge on any atom is 0.234 e. The molecule has 1 aromatic carbocycles. The number of methoxy groups -OCH3 is 2. The number of aromatic hydroxyl groups is 1. The smallest absolute Gasteiger partial charge is 0.234 e. The van der Waals surface area contributed by atoms with Gasteiger partial charge in [0.05, 0.1) is 47.5 Å². The number of carbonyl (C=O) groups is 2. The minimum absolute atomic E-state index is 0.0744. The first-order chi connectivity index (χ1) is 21.3. The van der Waals surface area contributed by atoms with Crippen LogP contribution in [0.3, 0.4) is 0 Å². The quantitative estimate of drug-likeness (QED) is 0.169. The number of imide groups is 1. The summed E-state index contributed by atoms with van der Waals surface area (Å²) >= 11 is 2.06. The fourth-order valence-corrected chi connectivity index (χ4v) is 7.92. The maximum atomic E-state index is 13.8. The number of halogens is 1. The zero-order valence-electron chi connectivity index (χ0n) is 25.2. The first kappa shape index (κ1) is 32.6. The normalized spacial score (nSPS) is 23.7. The van der Waals surface area contributed by atoms with Crippen LogP contribution in [0.15, 0.2) is 47.7 Å². The number of amides is 2. The van der Waals surface area contributed by atoms with E-state index >= 15 is 0 Å². The molecule has 0 unspecified atom stereocenters. The van der Waals surface area contributed by atoms with Crippen LogP contribution in [-0.4, -0.2) is 76.6 Å². The van der Waals surface area contributed by atoms with Gasteiger partial charge in [-0.3, -0.25) is 19.5 Å². The number of rotatable bonds is 11. The largest absolute Gasteiger partial charge is 0.504 e. The van der Waals surface area contributed by atoms with E-state index in [-0.39, 0.29) is 36.8 Å². The molecule has 2 aromatic rings. The van der Waals surface area contributed by atoms with Gasteiger partial charge in [-0.05, 0) is 107 Å². The van der Waals surface area contributed by atoms with Crippen molar-refractivity contribution in [3.8, 4) is 11.5 Å². The van der Waals surface area contributed by atoms with E-state index < -0.39 is 23.9 Å². The molecule has 4 atom stereocenters. The average molecular weight is 717 g/mol. The number of aliphatic hydroxyl groups is 2. The molecule has 2 heterocycles. The summed E-state index contributed by atoms with van der Waals surface area (Å²) < 4.78 is 11.5. The Morgan fingerprint density at radius 2 is 1.93 bits per heavy atom. The van der Waals surface area contributed by atoms with Crippen molar-refractivity contribution in [1.82, 2.24) is 9.88 Å². The summed E-state index contributed by atoms with van der Waals surface area (Å²) in [5.41, 5.74) is 3.82. The molecular weight excluding hydrogens is 675 g/mol. The van der Waals surface area contributed by atoms with Gasteiger partial charge in [-0.25, -0.2) is 0 Å². The van der Waals surface area contributed by atoms with Crippen LogP contribution < -0.4 is 4.74 Å². The number of carbonyl (C=O) groups excluding carboxylic acids is 2. The summed E-state index contributed by atoms with van der Waals surface area (Å²) in [6.07, 6.45) is 8.55. The number of benzene rings is 1. The fraction of sp³-hybridized carbons (Fsp3) is 0.500. The lowest BCUT2D eigenvalue weighted by atomic mass is 9.68. The standard InChI is InChI=1S/C34H41IN2O7/c1-43-19-22-17-24-31(34(42)37(33(24)41)23-8-4-3-5-9-23)25(18-38)30(22)28(39)12-11-21(27-10-6-7-13-36-27)14-20-15-26(35)32(40)29(16-20)44-2/h6-7,10,13-16,23-25,28,31,38-40H,3-5,8-9,11-12,17-19H2,1-2H3/b21-14-/t24-,25+,28-,31-/m1/s1. The number of fused-ring (bicyclic) bond motifs is 1. The van der Waals surface area contributed by atoms with Gasteiger partial charge in [0.15, 0.2) is 11.5 Å². The predicted molar refractivity (Wildman–Crippen MR) is 175 cm³/mol. The molecule has 0 bridgehead atoms. The lowest BCUT2D eigenvalue weighted by Crippen LogP contribution is -2.42. The number of aliphatic hydroxyl groups excluding tert-OH is 2. The topological polar surface area (TPSA) is 129 Å². The molecule has 2 fully saturated rings. The Morgan fingerprint density at radius 1 is 1.16 bits per heavy atom. The second kappa shape index (κ2) is 14.5. The highest BCUT2D eigenvalue weighted by atomic mass is 127. The van der Waals surface area contributed by atoms with Crippen molar-refractivity contribution < 1.29 is 34.4 Å². The number of phenolic OH excluding ortho intramolecular Hbond substituents is 1. The van der Waals surface area contributed by atoms with Crippen LogP contribution in [0.4, 0.5) is 0 Å². The third-order valence-corrected chi connectivity index (χ3v) is 10.1. The zero-order chi connectivity index (χ0) is 31.4. The summed E-state index contributed by atoms with van der Waals surface area (Å²) in [6, 6.07) is 9.16. The van der Waals surface area contributed by atoms with Crippen LogP contribution in [0.2, 0.25) is 0 Å². The highest BCUT2D eigenvalue weighted by Gasteiger charge is 2.56. The van der Waals surface area contributed by atoms with E-state index in [1.807, 2.05) is 30.3 Å². The van der Waals surface area contributed by atoms with Gasteiger partial charge in [0.2, 0.25) is 11.8 Å². The first-order valence-electron chi connectivity index (χ1n) is 15.3. The van der Waals surface area contributed by atoms with E-state index in [9.17, 15) is 24.9 Å². The van der Waals surface area contributed by atoms with Gasteiger partial charge in [0, 0.05) is 25.3 Å². The van der Waals surface area contributed by atoms with Gasteiger partial charge >= 0.3 is 0 Å². The van der Waals surface area contributed by atoms with Crippen molar-refractivity contribution in [2.75, 3.05) is 27.4 Å². The molecule has 3 aliphatic rings. The number of hydrogen-bond donors (Lipinski definition) is 3. The maximum absolute atomic E-state index is 13.8. The number of nitrogens with zero attached hydrogens (tertiary/aromatic N) is 2. The predicted octanol–water partition coefficient (Wildman–Crippen LogP) is 4.97. The Kier molecular flexibility index (Phi) is 10.8.